The Hall–Kier alpha value is -9.20. The number of hydrogen-bond donors (Lipinski definition) is 0. The summed E-state index contributed by atoms with van der Waals surface area (Å²) in [5, 5.41) is 0. The molecule has 4 saturated carbocycles. The Bertz CT molecular complexity index is 4220. The number of esters is 4. The summed E-state index contributed by atoms with van der Waals surface area (Å²) in [4.78, 5) is 48.7. The Labute approximate surface area is 636 Å². The molecule has 0 aromatic heterocycles. The van der Waals surface area contributed by atoms with E-state index in [1.54, 1.807) is 48.5 Å². The maximum absolute atomic E-state index is 13.3. The van der Waals surface area contributed by atoms with Gasteiger partial charge in [0.25, 0.3) is 0 Å². The third-order valence-electron chi connectivity index (χ3n) is 22.0. The van der Waals surface area contributed by atoms with Gasteiger partial charge in [-0.05, 0) is 221 Å². The first kappa shape index (κ1) is 84.8. The van der Waals surface area contributed by atoms with E-state index in [2.05, 4.69) is 27.7 Å². The number of halogens is 12. The average molecular weight is 1530 g/mol. The maximum Gasteiger partial charge on any atom is 0.343 e. The van der Waals surface area contributed by atoms with Gasteiger partial charge in [-0.1, -0.05) is 140 Å². The van der Waals surface area contributed by atoms with E-state index in [0.717, 1.165) is 75.0 Å². The summed E-state index contributed by atoms with van der Waals surface area (Å²) in [5.74, 6) is -16.6. The van der Waals surface area contributed by atoms with E-state index in [0.29, 0.717) is 72.2 Å². The van der Waals surface area contributed by atoms with Crippen LogP contribution in [0.4, 0.5) is 52.7 Å². The standard InChI is InChI=1S/C24H27F3O2.C23H25F3O2.C22H23F3O2.C21H21F3O2/c1-2-3-4-5-16-6-8-17(9-7-16)18-10-12-19(13-11-18)24(28)29-20-14-21(25)23(27)22(26)15-20;1-2-3-4-15-5-7-16(8-6-15)17-9-11-18(12-10-17)23(27)28-19-13-20(24)22(26)21(25)14-19;1-2-3-14-4-6-15(7-5-14)16-8-10-17(11-9-16)22(26)27-18-12-19(23)21(25)20(24)13-18;1-2-13-3-5-14(6-4-13)15-7-9-16(10-8-15)21(25)26-17-11-18(22)20(24)19(23)12-17/h10-17H,2-9H2,1H3;9-16H,2-8H2,1H3;8-15H,2-7H2,1H3;7-14H,2-6H2,1H3. The van der Waals surface area contributed by atoms with Crippen molar-refractivity contribution in [3.05, 3.63) is 260 Å². The minimum Gasteiger partial charge on any atom is -0.423 e. The molecule has 4 aliphatic rings. The number of benzene rings is 8. The van der Waals surface area contributed by atoms with Crippen LogP contribution in [0.15, 0.2) is 146 Å². The van der Waals surface area contributed by atoms with E-state index in [-0.39, 0.29) is 45.3 Å². The van der Waals surface area contributed by atoms with Gasteiger partial charge in [-0.2, -0.15) is 0 Å². The second kappa shape index (κ2) is 41.7. The Kier molecular flexibility index (Phi) is 32.2. The van der Waals surface area contributed by atoms with Crippen LogP contribution in [0.1, 0.15) is 282 Å². The molecule has 8 aromatic rings. The van der Waals surface area contributed by atoms with Gasteiger partial charge in [-0.15, -0.1) is 0 Å². The molecular formula is C90H96F12O8. The normalized spacial score (nSPS) is 19.6. The first-order valence-electron chi connectivity index (χ1n) is 38.8. The van der Waals surface area contributed by atoms with Gasteiger partial charge < -0.3 is 18.9 Å². The zero-order valence-electron chi connectivity index (χ0n) is 62.7. The molecule has 110 heavy (non-hydrogen) atoms. The molecule has 0 spiro atoms. The lowest BCUT2D eigenvalue weighted by atomic mass is 9.77. The molecule has 4 fully saturated rings. The summed E-state index contributed by atoms with van der Waals surface area (Å²) in [7, 11) is 0. The fourth-order valence-corrected chi connectivity index (χ4v) is 15.4. The molecule has 8 aromatic carbocycles. The van der Waals surface area contributed by atoms with E-state index in [1.807, 2.05) is 48.5 Å². The van der Waals surface area contributed by atoms with Crippen LogP contribution in [-0.4, -0.2) is 23.9 Å². The van der Waals surface area contributed by atoms with Gasteiger partial charge in [0, 0.05) is 48.5 Å². The zero-order valence-corrected chi connectivity index (χ0v) is 62.7. The third-order valence-corrected chi connectivity index (χ3v) is 22.0. The van der Waals surface area contributed by atoms with Crippen molar-refractivity contribution < 1.29 is 90.8 Å². The van der Waals surface area contributed by atoms with Crippen molar-refractivity contribution in [1.29, 1.82) is 0 Å². The predicted molar refractivity (Wildman–Crippen MR) is 399 cm³/mol. The number of unbranched alkanes of at least 4 members (excludes halogenated alkanes) is 3. The van der Waals surface area contributed by atoms with Crippen molar-refractivity contribution >= 4 is 23.9 Å². The molecule has 12 rings (SSSR count). The Balaban J connectivity index is 0.000000169. The highest BCUT2D eigenvalue weighted by atomic mass is 19.2. The minimum atomic E-state index is -1.59. The van der Waals surface area contributed by atoms with Gasteiger partial charge in [0.05, 0.1) is 22.3 Å². The largest absolute Gasteiger partial charge is 0.423 e. The average Bonchev–Trinajstić information content (AvgIpc) is 0.844. The van der Waals surface area contributed by atoms with Crippen molar-refractivity contribution in [2.75, 3.05) is 0 Å². The van der Waals surface area contributed by atoms with Crippen LogP contribution in [-0.2, 0) is 0 Å². The van der Waals surface area contributed by atoms with Gasteiger partial charge in [-0.3, -0.25) is 0 Å². The smallest absolute Gasteiger partial charge is 0.343 e. The monoisotopic (exact) mass is 1530 g/mol. The van der Waals surface area contributed by atoms with E-state index in [4.69, 9.17) is 18.9 Å². The molecule has 0 bridgehead atoms. The lowest BCUT2D eigenvalue weighted by molar-refractivity contribution is 0.0723. The second-order valence-corrected chi connectivity index (χ2v) is 29.6. The predicted octanol–water partition coefficient (Wildman–Crippen LogP) is 26.4. The molecule has 588 valence electrons. The van der Waals surface area contributed by atoms with Crippen molar-refractivity contribution in [3.63, 3.8) is 0 Å². The van der Waals surface area contributed by atoms with Gasteiger partial charge in [0.2, 0.25) is 0 Å². The molecule has 0 radical (unpaired) electrons. The first-order chi connectivity index (χ1) is 52.9. The number of rotatable bonds is 22. The van der Waals surface area contributed by atoms with E-state index >= 15 is 0 Å². The minimum absolute atomic E-state index is 0.279. The zero-order chi connectivity index (χ0) is 79.0. The number of hydrogen-bond acceptors (Lipinski definition) is 8. The fraction of sp³-hybridized carbons (Fsp3) is 0.422. The summed E-state index contributed by atoms with van der Waals surface area (Å²) in [6.07, 6.45) is 32.0. The second-order valence-electron chi connectivity index (χ2n) is 29.6. The van der Waals surface area contributed by atoms with Crippen LogP contribution in [0, 0.1) is 93.5 Å². The van der Waals surface area contributed by atoms with Crippen molar-refractivity contribution in [2.45, 2.75) is 218 Å². The van der Waals surface area contributed by atoms with Crippen molar-refractivity contribution in [2.24, 2.45) is 23.7 Å². The summed E-state index contributed by atoms with van der Waals surface area (Å²) in [5.41, 5.74) is 5.91. The van der Waals surface area contributed by atoms with E-state index < -0.39 is 93.7 Å². The lowest BCUT2D eigenvalue weighted by Crippen LogP contribution is -2.14. The molecular weight excluding hydrogens is 1440 g/mol. The van der Waals surface area contributed by atoms with Crippen LogP contribution in [0.3, 0.4) is 0 Å². The molecule has 0 aliphatic heterocycles. The molecule has 0 atom stereocenters. The summed E-state index contributed by atoms with van der Waals surface area (Å²) in [6.45, 7) is 8.90. The molecule has 0 heterocycles. The number of carbonyl (C=O) groups excluding carboxylic acids is 4. The SMILES string of the molecule is CCC1CCC(c2ccc(C(=O)Oc3cc(F)c(F)c(F)c3)cc2)CC1.CCCC1CCC(c2ccc(C(=O)Oc3cc(F)c(F)c(F)c3)cc2)CC1.CCCCC1CCC(c2ccc(C(=O)Oc3cc(F)c(F)c(F)c3)cc2)CC1.CCCCCC1CCC(c2ccc(C(=O)Oc3cc(F)c(F)c(F)c3)cc2)CC1. The summed E-state index contributed by atoms with van der Waals surface area (Å²) < 4.78 is 178. The number of carbonyl (C=O) groups is 4. The Morgan fingerprint density at radius 2 is 0.473 bits per heavy atom. The third kappa shape index (κ3) is 24.4. The highest BCUT2D eigenvalue weighted by Gasteiger charge is 2.28. The van der Waals surface area contributed by atoms with Crippen LogP contribution in [0.2, 0.25) is 0 Å². The molecule has 0 N–H and O–H groups in total. The Morgan fingerprint density at radius 3 is 0.682 bits per heavy atom. The van der Waals surface area contributed by atoms with E-state index in [9.17, 15) is 71.9 Å². The number of ether oxygens (including phenoxy) is 4. The quantitative estimate of drug-likeness (QED) is 0.0217. The lowest BCUT2D eigenvalue weighted by Gasteiger charge is -2.29. The molecule has 0 saturated heterocycles. The van der Waals surface area contributed by atoms with Crippen molar-refractivity contribution in [3.8, 4) is 23.0 Å². The molecule has 0 amide bonds. The fourth-order valence-electron chi connectivity index (χ4n) is 15.4. The van der Waals surface area contributed by atoms with Crippen LogP contribution < -0.4 is 18.9 Å². The molecule has 4 aliphatic carbocycles. The summed E-state index contributed by atoms with van der Waals surface area (Å²) in [6, 6.07) is 33.8. The maximum atomic E-state index is 13.3. The van der Waals surface area contributed by atoms with Gasteiger partial charge in [-0.25, -0.2) is 71.9 Å². The van der Waals surface area contributed by atoms with Crippen LogP contribution in [0.5, 0.6) is 23.0 Å². The van der Waals surface area contributed by atoms with Crippen LogP contribution >= 0.6 is 0 Å². The highest BCUT2D eigenvalue weighted by Crippen LogP contribution is 2.42. The van der Waals surface area contributed by atoms with Gasteiger partial charge in [0.1, 0.15) is 23.0 Å². The van der Waals surface area contributed by atoms with E-state index in [1.165, 1.54) is 138 Å². The summed E-state index contributed by atoms with van der Waals surface area (Å²) >= 11 is 0. The first-order valence-corrected chi connectivity index (χ1v) is 38.8. The Morgan fingerprint density at radius 1 is 0.264 bits per heavy atom. The molecule has 20 heteroatoms. The molecule has 0 unspecified atom stereocenters. The van der Waals surface area contributed by atoms with Gasteiger partial charge in [0.15, 0.2) is 69.8 Å². The van der Waals surface area contributed by atoms with Crippen LogP contribution in [0.25, 0.3) is 0 Å². The topological polar surface area (TPSA) is 105 Å². The highest BCUT2D eigenvalue weighted by molar-refractivity contribution is 5.93. The van der Waals surface area contributed by atoms with Gasteiger partial charge >= 0.3 is 23.9 Å². The van der Waals surface area contributed by atoms with Crippen molar-refractivity contribution in [1.82, 2.24) is 0 Å². The molecule has 8 nitrogen and oxygen atoms in total.